The predicted octanol–water partition coefficient (Wildman–Crippen LogP) is 0.271. The summed E-state index contributed by atoms with van der Waals surface area (Å²) in [6, 6.07) is 2.59. The Kier molecular flexibility index (Phi) is 5.97. The molecule has 2 heterocycles. The molecule has 23 heavy (non-hydrogen) atoms. The molecule has 8 heteroatoms. The summed E-state index contributed by atoms with van der Waals surface area (Å²) < 4.78 is 4.79. The Bertz CT molecular complexity index is 581. The quantitative estimate of drug-likeness (QED) is 0.734. The van der Waals surface area contributed by atoms with E-state index in [-0.39, 0.29) is 18.4 Å². The van der Waals surface area contributed by atoms with Gasteiger partial charge in [-0.3, -0.25) is 14.6 Å². The van der Waals surface area contributed by atoms with Gasteiger partial charge in [-0.05, 0) is 18.4 Å². The van der Waals surface area contributed by atoms with Gasteiger partial charge in [0.05, 0.1) is 25.0 Å². The fraction of sp³-hybridized carbons (Fsp3) is 0.467. The average Bonchev–Trinajstić information content (AvgIpc) is 2.60. The van der Waals surface area contributed by atoms with Crippen LogP contribution in [0.3, 0.4) is 0 Å². The number of thioether (sulfide) groups is 1. The lowest BCUT2D eigenvalue weighted by Gasteiger charge is -2.39. The summed E-state index contributed by atoms with van der Waals surface area (Å²) in [7, 11) is 1.28. The number of carbonyl (C=O) groups excluding carboxylic acids is 3. The summed E-state index contributed by atoms with van der Waals surface area (Å²) in [5.74, 6) is -0.544. The molecular weight excluding hydrogens is 318 g/mol. The van der Waals surface area contributed by atoms with Crippen molar-refractivity contribution in [1.82, 2.24) is 14.8 Å². The van der Waals surface area contributed by atoms with E-state index in [0.29, 0.717) is 24.4 Å². The Balaban J connectivity index is 2.14. The minimum atomic E-state index is -0.769. The van der Waals surface area contributed by atoms with Gasteiger partial charge in [0.15, 0.2) is 0 Å². The molecule has 2 rings (SSSR count). The second-order valence-corrected chi connectivity index (χ2v) is 5.92. The number of methoxy groups -OCH3 is 1. The highest BCUT2D eigenvalue weighted by Gasteiger charge is 2.37. The lowest BCUT2D eigenvalue weighted by molar-refractivity contribution is -0.154. The molecule has 1 aliphatic rings. The molecule has 124 valence electrons. The van der Waals surface area contributed by atoms with Crippen molar-refractivity contribution in [3.8, 4) is 0 Å². The van der Waals surface area contributed by atoms with E-state index in [9.17, 15) is 14.4 Å². The first-order valence-electron chi connectivity index (χ1n) is 7.14. The van der Waals surface area contributed by atoms with E-state index in [0.717, 1.165) is 0 Å². The van der Waals surface area contributed by atoms with E-state index in [2.05, 4.69) is 4.98 Å². The molecule has 2 amide bonds. The highest BCUT2D eigenvalue weighted by atomic mass is 32.2. The largest absolute Gasteiger partial charge is 0.467 e. The van der Waals surface area contributed by atoms with Crippen LogP contribution < -0.4 is 0 Å². The Morgan fingerprint density at radius 2 is 2.17 bits per heavy atom. The van der Waals surface area contributed by atoms with Crippen LogP contribution in [-0.4, -0.2) is 77.4 Å². The van der Waals surface area contributed by atoms with Gasteiger partial charge in [-0.15, -0.1) is 0 Å². The Morgan fingerprint density at radius 3 is 2.78 bits per heavy atom. The van der Waals surface area contributed by atoms with Crippen molar-refractivity contribution in [2.45, 2.75) is 6.04 Å². The first-order valence-corrected chi connectivity index (χ1v) is 8.53. The number of carbonyl (C=O) groups is 3. The van der Waals surface area contributed by atoms with Crippen LogP contribution in [-0.2, 0) is 14.3 Å². The number of piperazine rings is 1. The first-order chi connectivity index (χ1) is 11.1. The highest BCUT2D eigenvalue weighted by molar-refractivity contribution is 7.99. The van der Waals surface area contributed by atoms with E-state index >= 15 is 0 Å². The van der Waals surface area contributed by atoms with Gasteiger partial charge >= 0.3 is 5.97 Å². The summed E-state index contributed by atoms with van der Waals surface area (Å²) in [5, 5.41) is 0. The standard InChI is InChI=1S/C15H19N3O4S/c1-22-15(21)12-9-17(6-7-18(12)13(19)10-23-2)14(20)11-4-3-5-16-8-11/h3-5,8,12H,6-7,9-10H2,1-2H3. The molecule has 0 aromatic carbocycles. The van der Waals surface area contributed by atoms with Gasteiger partial charge in [0.25, 0.3) is 5.91 Å². The fourth-order valence-corrected chi connectivity index (χ4v) is 2.89. The number of rotatable bonds is 4. The average molecular weight is 337 g/mol. The molecule has 1 saturated heterocycles. The molecule has 0 aliphatic carbocycles. The fourth-order valence-electron chi connectivity index (χ4n) is 2.48. The normalized spacial score (nSPS) is 17.7. The minimum Gasteiger partial charge on any atom is -0.467 e. The van der Waals surface area contributed by atoms with Crippen LogP contribution in [0.2, 0.25) is 0 Å². The SMILES string of the molecule is COC(=O)C1CN(C(=O)c2cccnc2)CCN1C(=O)CSC. The molecule has 1 fully saturated rings. The molecule has 1 aliphatic heterocycles. The van der Waals surface area contributed by atoms with Crippen molar-refractivity contribution in [3.05, 3.63) is 30.1 Å². The number of esters is 1. The second kappa shape index (κ2) is 7.96. The molecule has 1 atom stereocenters. The van der Waals surface area contributed by atoms with E-state index < -0.39 is 12.0 Å². The maximum absolute atomic E-state index is 12.5. The summed E-state index contributed by atoms with van der Waals surface area (Å²) >= 11 is 1.40. The van der Waals surface area contributed by atoms with Gasteiger partial charge in [-0.1, -0.05) is 0 Å². The van der Waals surface area contributed by atoms with Gasteiger partial charge in [-0.2, -0.15) is 11.8 Å². The second-order valence-electron chi connectivity index (χ2n) is 5.05. The van der Waals surface area contributed by atoms with Crippen LogP contribution in [0.25, 0.3) is 0 Å². The van der Waals surface area contributed by atoms with Gasteiger partial charge in [0.1, 0.15) is 6.04 Å². The molecule has 0 saturated carbocycles. The number of amides is 2. The van der Waals surface area contributed by atoms with Crippen molar-refractivity contribution in [2.24, 2.45) is 0 Å². The van der Waals surface area contributed by atoms with E-state index in [1.165, 1.54) is 30.0 Å². The number of nitrogens with zero attached hydrogens (tertiary/aromatic N) is 3. The Hall–Kier alpha value is -2.09. The molecule has 0 N–H and O–H groups in total. The summed E-state index contributed by atoms with van der Waals surface area (Å²) in [4.78, 5) is 43.6. The zero-order valence-corrected chi connectivity index (χ0v) is 13.9. The van der Waals surface area contributed by atoms with Gasteiger partial charge in [0, 0.05) is 25.5 Å². The molecule has 0 radical (unpaired) electrons. The van der Waals surface area contributed by atoms with Gasteiger partial charge in [-0.25, -0.2) is 4.79 Å². The van der Waals surface area contributed by atoms with Crippen LogP contribution >= 0.6 is 11.8 Å². The van der Waals surface area contributed by atoms with Crippen LogP contribution in [0, 0.1) is 0 Å². The topological polar surface area (TPSA) is 79.8 Å². The third-order valence-electron chi connectivity index (χ3n) is 3.64. The highest BCUT2D eigenvalue weighted by Crippen LogP contribution is 2.15. The lowest BCUT2D eigenvalue weighted by Crippen LogP contribution is -2.60. The molecule has 1 aromatic rings. The Morgan fingerprint density at radius 1 is 1.39 bits per heavy atom. The summed E-state index contributed by atoms with van der Waals surface area (Å²) in [6.07, 6.45) is 4.90. The minimum absolute atomic E-state index is 0.124. The van der Waals surface area contributed by atoms with Crippen molar-refractivity contribution >= 4 is 29.5 Å². The number of aromatic nitrogens is 1. The zero-order chi connectivity index (χ0) is 16.8. The van der Waals surface area contributed by atoms with Crippen LogP contribution in [0.15, 0.2) is 24.5 Å². The maximum atomic E-state index is 12.5. The Labute approximate surface area is 139 Å². The van der Waals surface area contributed by atoms with E-state index in [1.807, 2.05) is 6.26 Å². The molecular formula is C15H19N3O4S. The van der Waals surface area contributed by atoms with Crippen LogP contribution in [0.1, 0.15) is 10.4 Å². The number of hydrogen-bond donors (Lipinski definition) is 0. The predicted molar refractivity (Wildman–Crippen MR) is 86.0 cm³/mol. The van der Waals surface area contributed by atoms with Gasteiger partial charge < -0.3 is 14.5 Å². The number of ether oxygens (including phenoxy) is 1. The van der Waals surface area contributed by atoms with E-state index in [4.69, 9.17) is 4.74 Å². The third kappa shape index (κ3) is 4.01. The third-order valence-corrected chi connectivity index (χ3v) is 4.17. The number of pyridine rings is 1. The van der Waals surface area contributed by atoms with E-state index in [1.54, 1.807) is 23.2 Å². The molecule has 1 unspecified atom stereocenters. The van der Waals surface area contributed by atoms with Crippen molar-refractivity contribution in [3.63, 3.8) is 0 Å². The first kappa shape index (κ1) is 17.3. The van der Waals surface area contributed by atoms with Crippen molar-refractivity contribution < 1.29 is 19.1 Å². The van der Waals surface area contributed by atoms with Crippen LogP contribution in [0.5, 0.6) is 0 Å². The smallest absolute Gasteiger partial charge is 0.330 e. The maximum Gasteiger partial charge on any atom is 0.330 e. The van der Waals surface area contributed by atoms with Crippen molar-refractivity contribution in [1.29, 1.82) is 0 Å². The zero-order valence-electron chi connectivity index (χ0n) is 13.1. The monoisotopic (exact) mass is 337 g/mol. The molecule has 1 aromatic heterocycles. The summed E-state index contributed by atoms with van der Waals surface area (Å²) in [5.41, 5.74) is 0.458. The van der Waals surface area contributed by atoms with Gasteiger partial charge in [0.2, 0.25) is 5.91 Å². The molecule has 0 spiro atoms. The van der Waals surface area contributed by atoms with Crippen molar-refractivity contribution in [2.75, 3.05) is 38.8 Å². The lowest BCUT2D eigenvalue weighted by atomic mass is 10.1. The van der Waals surface area contributed by atoms with Crippen LogP contribution in [0.4, 0.5) is 0 Å². The molecule has 0 bridgehead atoms. The number of hydrogen-bond acceptors (Lipinski definition) is 6. The molecule has 7 nitrogen and oxygen atoms in total. The summed E-state index contributed by atoms with van der Waals surface area (Å²) in [6.45, 7) is 0.813.